The van der Waals surface area contributed by atoms with Crippen molar-refractivity contribution in [2.24, 2.45) is 5.92 Å². The quantitative estimate of drug-likeness (QED) is 0.511. The van der Waals surface area contributed by atoms with Gasteiger partial charge in [0.1, 0.15) is 0 Å². The number of hydrogen-bond donors (Lipinski definition) is 1. The second kappa shape index (κ2) is 3.77. The fraction of sp³-hybridized carbons (Fsp3) is 0.778. The molecule has 1 aliphatic rings. The van der Waals surface area contributed by atoms with Gasteiger partial charge in [0, 0.05) is 0 Å². The Morgan fingerprint density at radius 1 is 1.20 bits per heavy atom. The summed E-state index contributed by atoms with van der Waals surface area (Å²) in [6.07, 6.45) is 8.56. The first-order valence-electron chi connectivity index (χ1n) is 4.15. The molecule has 10 heavy (non-hydrogen) atoms. The summed E-state index contributed by atoms with van der Waals surface area (Å²) in [6, 6.07) is 0. The van der Waals surface area contributed by atoms with Crippen molar-refractivity contribution in [1.82, 2.24) is 0 Å². The van der Waals surface area contributed by atoms with Gasteiger partial charge >= 0.3 is 0 Å². The largest absolute Gasteiger partial charge is 0.389 e. The number of aliphatic hydroxyl groups excluding tert-OH is 1. The summed E-state index contributed by atoms with van der Waals surface area (Å²) in [5.74, 6) is 0.662. The standard InChI is InChI=1S/C9H16O/c1-8-4-2-3-5-9(10)7-6-8/h6-10H,2-5H2,1H3/t8-,9-/m1/s1. The molecule has 0 unspecified atom stereocenters. The normalized spacial score (nSPS) is 35.0. The van der Waals surface area contributed by atoms with E-state index in [2.05, 4.69) is 13.0 Å². The van der Waals surface area contributed by atoms with Gasteiger partial charge in [-0.25, -0.2) is 0 Å². The molecule has 2 atom stereocenters. The van der Waals surface area contributed by atoms with Crippen LogP contribution in [0.2, 0.25) is 0 Å². The third-order valence-electron chi connectivity index (χ3n) is 2.07. The first-order valence-corrected chi connectivity index (χ1v) is 4.15. The van der Waals surface area contributed by atoms with Gasteiger partial charge in [-0.15, -0.1) is 0 Å². The third-order valence-corrected chi connectivity index (χ3v) is 2.07. The third kappa shape index (κ3) is 2.53. The fourth-order valence-corrected chi connectivity index (χ4v) is 1.33. The lowest BCUT2D eigenvalue weighted by Crippen LogP contribution is -2.05. The van der Waals surface area contributed by atoms with Gasteiger partial charge in [0.2, 0.25) is 0 Å². The topological polar surface area (TPSA) is 20.2 Å². The average molecular weight is 140 g/mol. The van der Waals surface area contributed by atoms with E-state index in [1.54, 1.807) is 0 Å². The molecule has 1 aliphatic carbocycles. The maximum Gasteiger partial charge on any atom is 0.0721 e. The smallest absolute Gasteiger partial charge is 0.0721 e. The minimum Gasteiger partial charge on any atom is -0.389 e. The zero-order valence-corrected chi connectivity index (χ0v) is 6.59. The Morgan fingerprint density at radius 2 is 1.90 bits per heavy atom. The van der Waals surface area contributed by atoms with E-state index in [9.17, 15) is 5.11 Å². The van der Waals surface area contributed by atoms with Crippen LogP contribution >= 0.6 is 0 Å². The number of rotatable bonds is 0. The lowest BCUT2D eigenvalue weighted by Gasteiger charge is -2.12. The number of allylic oxidation sites excluding steroid dienone is 1. The molecular weight excluding hydrogens is 124 g/mol. The van der Waals surface area contributed by atoms with Crippen LogP contribution in [0.3, 0.4) is 0 Å². The van der Waals surface area contributed by atoms with E-state index in [1.807, 2.05) is 6.08 Å². The van der Waals surface area contributed by atoms with Crippen LogP contribution in [-0.2, 0) is 0 Å². The highest BCUT2D eigenvalue weighted by Crippen LogP contribution is 2.15. The molecule has 0 saturated heterocycles. The summed E-state index contributed by atoms with van der Waals surface area (Å²) in [7, 11) is 0. The second-order valence-corrected chi connectivity index (χ2v) is 3.21. The molecule has 1 heteroatoms. The van der Waals surface area contributed by atoms with Crippen molar-refractivity contribution in [1.29, 1.82) is 0 Å². The highest BCUT2D eigenvalue weighted by atomic mass is 16.3. The van der Waals surface area contributed by atoms with Gasteiger partial charge in [-0.1, -0.05) is 31.9 Å². The lowest BCUT2D eigenvalue weighted by molar-refractivity contribution is 0.204. The van der Waals surface area contributed by atoms with E-state index in [0.29, 0.717) is 5.92 Å². The van der Waals surface area contributed by atoms with E-state index < -0.39 is 0 Å². The Labute approximate surface area is 62.8 Å². The van der Waals surface area contributed by atoms with Crippen LogP contribution in [0.5, 0.6) is 0 Å². The van der Waals surface area contributed by atoms with Crippen molar-refractivity contribution >= 4 is 0 Å². The first-order chi connectivity index (χ1) is 4.79. The number of aliphatic hydroxyl groups is 1. The molecule has 0 aromatic carbocycles. The molecule has 0 saturated carbocycles. The molecule has 0 heterocycles. The van der Waals surface area contributed by atoms with Crippen LogP contribution in [0.4, 0.5) is 0 Å². The van der Waals surface area contributed by atoms with Gasteiger partial charge in [-0.2, -0.15) is 0 Å². The Bertz CT molecular complexity index is 104. The highest BCUT2D eigenvalue weighted by Gasteiger charge is 2.05. The molecule has 1 nitrogen and oxygen atoms in total. The predicted octanol–water partition coefficient (Wildman–Crippen LogP) is 2.11. The van der Waals surface area contributed by atoms with E-state index in [0.717, 1.165) is 6.42 Å². The van der Waals surface area contributed by atoms with Crippen LogP contribution in [0, 0.1) is 5.92 Å². The van der Waals surface area contributed by atoms with Crippen molar-refractivity contribution in [2.75, 3.05) is 0 Å². The Morgan fingerprint density at radius 3 is 2.70 bits per heavy atom. The van der Waals surface area contributed by atoms with Crippen molar-refractivity contribution in [2.45, 2.75) is 38.7 Å². The molecule has 1 N–H and O–H groups in total. The van der Waals surface area contributed by atoms with Crippen LogP contribution in [0.25, 0.3) is 0 Å². The molecule has 0 spiro atoms. The lowest BCUT2D eigenvalue weighted by atomic mass is 9.97. The Kier molecular flexibility index (Phi) is 2.94. The van der Waals surface area contributed by atoms with Crippen LogP contribution < -0.4 is 0 Å². The summed E-state index contributed by atoms with van der Waals surface area (Å²) < 4.78 is 0. The monoisotopic (exact) mass is 140 g/mol. The van der Waals surface area contributed by atoms with Gasteiger partial charge < -0.3 is 5.11 Å². The summed E-state index contributed by atoms with van der Waals surface area (Å²) in [5.41, 5.74) is 0. The number of hydrogen-bond acceptors (Lipinski definition) is 1. The predicted molar refractivity (Wildman–Crippen MR) is 42.8 cm³/mol. The molecular formula is C9H16O. The Hall–Kier alpha value is -0.300. The molecule has 1 rings (SSSR count). The molecule has 0 bridgehead atoms. The summed E-state index contributed by atoms with van der Waals surface area (Å²) in [5, 5.41) is 9.25. The van der Waals surface area contributed by atoms with Crippen LogP contribution in [0.15, 0.2) is 12.2 Å². The minimum absolute atomic E-state index is 0.178. The molecule has 0 aromatic heterocycles. The highest BCUT2D eigenvalue weighted by molar-refractivity contribution is 4.93. The summed E-state index contributed by atoms with van der Waals surface area (Å²) in [6.45, 7) is 2.20. The van der Waals surface area contributed by atoms with Gasteiger partial charge in [0.05, 0.1) is 6.10 Å². The Balaban J connectivity index is 2.42. The first kappa shape index (κ1) is 7.80. The summed E-state index contributed by atoms with van der Waals surface area (Å²) >= 11 is 0. The minimum atomic E-state index is -0.178. The van der Waals surface area contributed by atoms with Crippen LogP contribution in [-0.4, -0.2) is 11.2 Å². The molecule has 0 fully saturated rings. The van der Waals surface area contributed by atoms with Gasteiger partial charge in [0.15, 0.2) is 0 Å². The van der Waals surface area contributed by atoms with Gasteiger partial charge in [-0.3, -0.25) is 0 Å². The van der Waals surface area contributed by atoms with E-state index in [1.165, 1.54) is 19.3 Å². The fourth-order valence-electron chi connectivity index (χ4n) is 1.33. The zero-order valence-electron chi connectivity index (χ0n) is 6.59. The average Bonchev–Trinajstić information content (AvgIpc) is 1.90. The maximum atomic E-state index is 9.25. The molecule has 0 amide bonds. The second-order valence-electron chi connectivity index (χ2n) is 3.21. The maximum absolute atomic E-state index is 9.25. The van der Waals surface area contributed by atoms with Gasteiger partial charge in [0.25, 0.3) is 0 Å². The van der Waals surface area contributed by atoms with Gasteiger partial charge in [-0.05, 0) is 18.8 Å². The van der Waals surface area contributed by atoms with Crippen molar-refractivity contribution in [3.8, 4) is 0 Å². The van der Waals surface area contributed by atoms with E-state index in [4.69, 9.17) is 0 Å². The van der Waals surface area contributed by atoms with Crippen molar-refractivity contribution in [3.05, 3.63) is 12.2 Å². The SMILES string of the molecule is C[C@H]1C=C[C@H](O)CCCC1. The molecule has 0 radical (unpaired) electrons. The zero-order chi connectivity index (χ0) is 7.40. The van der Waals surface area contributed by atoms with E-state index in [-0.39, 0.29) is 6.10 Å². The van der Waals surface area contributed by atoms with Crippen molar-refractivity contribution < 1.29 is 5.11 Å². The van der Waals surface area contributed by atoms with E-state index >= 15 is 0 Å². The molecule has 0 aliphatic heterocycles. The summed E-state index contributed by atoms with van der Waals surface area (Å²) in [4.78, 5) is 0. The van der Waals surface area contributed by atoms with Crippen LogP contribution in [0.1, 0.15) is 32.6 Å². The molecule has 0 aromatic rings. The molecule has 58 valence electrons. The van der Waals surface area contributed by atoms with Crippen molar-refractivity contribution in [3.63, 3.8) is 0 Å².